The van der Waals surface area contributed by atoms with E-state index in [0.29, 0.717) is 21.9 Å². The van der Waals surface area contributed by atoms with Crippen molar-refractivity contribution in [2.75, 3.05) is 0 Å². The maximum absolute atomic E-state index is 13.4. The molecule has 6 heteroatoms. The fraction of sp³-hybridized carbons (Fsp3) is 0.111. The Morgan fingerprint density at radius 2 is 1.52 bits per heavy atom. The molecule has 0 aliphatic rings. The smallest absolute Gasteiger partial charge is 0.200 e. The van der Waals surface area contributed by atoms with Crippen molar-refractivity contribution in [3.05, 3.63) is 91.9 Å². The molecule has 2 heterocycles. The minimum Gasteiger partial charge on any atom is -0.463 e. The van der Waals surface area contributed by atoms with Crippen LogP contribution in [0.1, 0.15) is 40.1 Å². The molecule has 0 aliphatic carbocycles. The normalized spacial score (nSPS) is 11.4. The van der Waals surface area contributed by atoms with Crippen LogP contribution in [0.4, 0.5) is 0 Å². The highest BCUT2D eigenvalue weighted by Crippen LogP contribution is 2.35. The fourth-order valence-corrected chi connectivity index (χ4v) is 4.24. The van der Waals surface area contributed by atoms with Gasteiger partial charge in [0.1, 0.15) is 23.0 Å². The van der Waals surface area contributed by atoms with Gasteiger partial charge in [-0.15, -0.1) is 0 Å². The summed E-state index contributed by atoms with van der Waals surface area (Å²) in [6, 6.07) is 13.2. The molecule has 3 aromatic carbocycles. The number of carbonyl (C=O) groups is 2. The number of ketones is 2. The van der Waals surface area contributed by atoms with Crippen LogP contribution in [0.25, 0.3) is 44.0 Å². The van der Waals surface area contributed by atoms with Gasteiger partial charge in [0.25, 0.3) is 0 Å². The first-order valence-corrected chi connectivity index (χ1v) is 10.3. The van der Waals surface area contributed by atoms with Crippen LogP contribution in [0.15, 0.2) is 73.2 Å². The molecule has 0 saturated heterocycles. The van der Waals surface area contributed by atoms with Gasteiger partial charge in [-0.2, -0.15) is 0 Å². The van der Waals surface area contributed by atoms with E-state index in [-0.39, 0.29) is 44.1 Å². The van der Waals surface area contributed by atoms with Crippen LogP contribution >= 0.6 is 0 Å². The summed E-state index contributed by atoms with van der Waals surface area (Å²) in [5.74, 6) is -0.842. The highest BCUT2D eigenvalue weighted by Gasteiger charge is 2.26. The molecule has 0 bridgehead atoms. The van der Waals surface area contributed by atoms with Gasteiger partial charge >= 0.3 is 0 Å². The Bertz CT molecular complexity index is 1770. The first-order valence-electron chi connectivity index (χ1n) is 10.3. The van der Waals surface area contributed by atoms with Crippen molar-refractivity contribution in [3.8, 4) is 11.1 Å². The van der Waals surface area contributed by atoms with Crippen LogP contribution in [0, 0.1) is 6.92 Å². The Kier molecular flexibility index (Phi) is 4.60. The molecule has 0 saturated carbocycles. The predicted molar refractivity (Wildman–Crippen MR) is 126 cm³/mol. The van der Waals surface area contributed by atoms with Crippen molar-refractivity contribution in [2.45, 2.75) is 20.8 Å². The van der Waals surface area contributed by atoms with Gasteiger partial charge < -0.3 is 8.83 Å². The third-order valence-corrected chi connectivity index (χ3v) is 5.80. The third kappa shape index (κ3) is 3.10. The zero-order chi connectivity index (χ0) is 23.4. The van der Waals surface area contributed by atoms with E-state index in [2.05, 4.69) is 0 Å². The molecule has 0 unspecified atom stereocenters. The van der Waals surface area contributed by atoms with Crippen LogP contribution < -0.4 is 10.9 Å². The largest absolute Gasteiger partial charge is 0.463 e. The fourth-order valence-electron chi connectivity index (χ4n) is 4.24. The van der Waals surface area contributed by atoms with Gasteiger partial charge in [0.05, 0.1) is 27.3 Å². The molecular weight excluding hydrogens is 420 g/mol. The number of hydrogen-bond acceptors (Lipinski definition) is 6. The quantitative estimate of drug-likeness (QED) is 0.275. The van der Waals surface area contributed by atoms with Gasteiger partial charge in [-0.05, 0) is 56.7 Å². The van der Waals surface area contributed by atoms with E-state index in [1.54, 1.807) is 42.5 Å². The molecule has 5 aromatic rings. The summed E-state index contributed by atoms with van der Waals surface area (Å²) in [7, 11) is 0. The zero-order valence-electron chi connectivity index (χ0n) is 18.1. The Balaban J connectivity index is 2.01. The monoisotopic (exact) mass is 438 g/mol. The molecule has 0 spiro atoms. The molecule has 33 heavy (non-hydrogen) atoms. The first-order chi connectivity index (χ1) is 15.8. The average Bonchev–Trinajstić information content (AvgIpc) is 2.78. The Labute approximate surface area is 187 Å². The molecule has 0 radical (unpaired) electrons. The lowest BCUT2D eigenvalue weighted by molar-refractivity contribution is 0.101. The van der Waals surface area contributed by atoms with Crippen LogP contribution in [0.2, 0.25) is 0 Å². The SMILES string of the molecule is CC(=O)c1cc2c(=O)c3ccccc3oc2c(C(C)=O)c1-c1coc2cc(C)ccc2c1=O. The maximum Gasteiger partial charge on any atom is 0.200 e. The van der Waals surface area contributed by atoms with E-state index in [1.807, 2.05) is 6.92 Å². The van der Waals surface area contributed by atoms with Crippen molar-refractivity contribution >= 4 is 44.5 Å². The Hall–Kier alpha value is -4.32. The van der Waals surface area contributed by atoms with E-state index >= 15 is 0 Å². The van der Waals surface area contributed by atoms with E-state index in [4.69, 9.17) is 8.83 Å². The van der Waals surface area contributed by atoms with Gasteiger partial charge in [0.2, 0.25) is 10.9 Å². The van der Waals surface area contributed by atoms with Crippen molar-refractivity contribution in [2.24, 2.45) is 0 Å². The van der Waals surface area contributed by atoms with Crippen LogP contribution in [-0.2, 0) is 0 Å². The molecule has 162 valence electrons. The number of benzene rings is 3. The Morgan fingerprint density at radius 3 is 2.24 bits per heavy atom. The minimum absolute atomic E-state index is 0.000635. The van der Waals surface area contributed by atoms with Gasteiger partial charge in [0.15, 0.2) is 11.6 Å². The van der Waals surface area contributed by atoms with Crippen molar-refractivity contribution in [1.82, 2.24) is 0 Å². The molecule has 0 N–H and O–H groups in total. The van der Waals surface area contributed by atoms with Crippen molar-refractivity contribution in [1.29, 1.82) is 0 Å². The van der Waals surface area contributed by atoms with Gasteiger partial charge in [-0.3, -0.25) is 19.2 Å². The maximum atomic E-state index is 13.4. The molecule has 0 amide bonds. The van der Waals surface area contributed by atoms with E-state index in [1.165, 1.54) is 26.2 Å². The van der Waals surface area contributed by atoms with Crippen LogP contribution in [0.5, 0.6) is 0 Å². The number of Topliss-reactive ketones (excluding diaryl/α,β-unsaturated/α-hetero) is 2. The zero-order valence-corrected chi connectivity index (χ0v) is 18.1. The predicted octanol–water partition coefficient (Wildman–Crippen LogP) is 5.43. The highest BCUT2D eigenvalue weighted by molar-refractivity contribution is 6.17. The number of hydrogen-bond donors (Lipinski definition) is 0. The summed E-state index contributed by atoms with van der Waals surface area (Å²) < 4.78 is 11.7. The summed E-state index contributed by atoms with van der Waals surface area (Å²) in [5, 5.41) is 0.762. The topological polar surface area (TPSA) is 94.6 Å². The molecule has 0 aliphatic heterocycles. The lowest BCUT2D eigenvalue weighted by atomic mass is 9.88. The third-order valence-electron chi connectivity index (χ3n) is 5.80. The minimum atomic E-state index is -0.445. The molecular formula is C27H18O6. The molecule has 5 rings (SSSR count). The standard InChI is InChI=1S/C27H18O6/c1-13-8-9-17-22(10-13)32-12-20(26(17)31)24-18(14(2)28)11-19-25(30)16-6-4-5-7-21(16)33-27(19)23(24)15(3)29/h4-12H,1-3H3. The summed E-state index contributed by atoms with van der Waals surface area (Å²) in [4.78, 5) is 52.2. The van der Waals surface area contributed by atoms with Gasteiger partial charge in [-0.25, -0.2) is 0 Å². The molecule has 0 atom stereocenters. The van der Waals surface area contributed by atoms with Crippen LogP contribution in [0.3, 0.4) is 0 Å². The molecule has 2 aromatic heterocycles. The number of fused-ring (bicyclic) bond motifs is 3. The van der Waals surface area contributed by atoms with Crippen LogP contribution in [-0.4, -0.2) is 11.6 Å². The van der Waals surface area contributed by atoms with E-state index < -0.39 is 11.6 Å². The summed E-state index contributed by atoms with van der Waals surface area (Å²) in [6.45, 7) is 4.51. The lowest BCUT2D eigenvalue weighted by Gasteiger charge is -2.15. The van der Waals surface area contributed by atoms with Crippen molar-refractivity contribution in [3.63, 3.8) is 0 Å². The number of rotatable bonds is 3. The number of aryl methyl sites for hydroxylation is 1. The van der Waals surface area contributed by atoms with E-state index in [9.17, 15) is 19.2 Å². The van der Waals surface area contributed by atoms with Gasteiger partial charge in [0, 0.05) is 11.1 Å². The summed E-state index contributed by atoms with van der Waals surface area (Å²) in [6.07, 6.45) is 1.25. The lowest BCUT2D eigenvalue weighted by Crippen LogP contribution is -2.14. The Morgan fingerprint density at radius 1 is 0.788 bits per heavy atom. The number of carbonyl (C=O) groups excluding carboxylic acids is 2. The second kappa shape index (κ2) is 7.38. The van der Waals surface area contributed by atoms with Crippen molar-refractivity contribution < 1.29 is 18.4 Å². The summed E-state index contributed by atoms with van der Waals surface area (Å²) in [5.41, 5.74) is 1.16. The average molecular weight is 438 g/mol. The molecule has 0 fully saturated rings. The van der Waals surface area contributed by atoms with Gasteiger partial charge in [-0.1, -0.05) is 18.2 Å². The second-order valence-corrected chi connectivity index (χ2v) is 8.07. The summed E-state index contributed by atoms with van der Waals surface area (Å²) >= 11 is 0. The second-order valence-electron chi connectivity index (χ2n) is 8.07. The highest BCUT2D eigenvalue weighted by atomic mass is 16.3. The van der Waals surface area contributed by atoms with E-state index in [0.717, 1.165) is 5.56 Å². The first kappa shape index (κ1) is 20.6. The molecule has 6 nitrogen and oxygen atoms in total. The number of para-hydroxylation sites is 1.